The minimum absolute atomic E-state index is 0.188. The van der Waals surface area contributed by atoms with Crippen molar-refractivity contribution in [3.63, 3.8) is 0 Å². The highest BCUT2D eigenvalue weighted by atomic mass is 15.5. The van der Waals surface area contributed by atoms with Crippen LogP contribution in [0.5, 0.6) is 0 Å². The maximum atomic E-state index is 4.76. The van der Waals surface area contributed by atoms with Crippen LogP contribution in [0, 0.1) is 0 Å². The number of rotatable bonds is 2. The van der Waals surface area contributed by atoms with E-state index in [2.05, 4.69) is 26.3 Å². The SMILES string of the molecule is c1ccc(C2CCNc3nc(N4CCCCC4)nn32)nc1. The highest BCUT2D eigenvalue weighted by Crippen LogP contribution is 2.29. The molecule has 1 atom stereocenters. The van der Waals surface area contributed by atoms with Gasteiger partial charge in [-0.15, -0.1) is 5.10 Å². The molecule has 0 amide bonds. The predicted octanol–water partition coefficient (Wildman–Crippen LogP) is 2.07. The van der Waals surface area contributed by atoms with Crippen molar-refractivity contribution in [3.8, 4) is 0 Å². The summed E-state index contributed by atoms with van der Waals surface area (Å²) in [7, 11) is 0. The first-order valence-electron chi connectivity index (χ1n) is 7.78. The van der Waals surface area contributed by atoms with Gasteiger partial charge in [0.15, 0.2) is 0 Å². The van der Waals surface area contributed by atoms with E-state index in [1.165, 1.54) is 19.3 Å². The monoisotopic (exact) mass is 284 g/mol. The molecule has 1 fully saturated rings. The smallest absolute Gasteiger partial charge is 0.246 e. The molecule has 2 aromatic rings. The molecule has 2 aromatic heterocycles. The summed E-state index contributed by atoms with van der Waals surface area (Å²) in [5.74, 6) is 1.73. The summed E-state index contributed by atoms with van der Waals surface area (Å²) in [6, 6.07) is 6.24. The molecule has 6 heteroatoms. The Morgan fingerprint density at radius 1 is 1.14 bits per heavy atom. The third-order valence-corrected chi connectivity index (χ3v) is 4.28. The van der Waals surface area contributed by atoms with Gasteiger partial charge in [0, 0.05) is 25.8 Å². The van der Waals surface area contributed by atoms with Gasteiger partial charge in [0.1, 0.15) is 0 Å². The van der Waals surface area contributed by atoms with Crippen molar-refractivity contribution in [1.82, 2.24) is 19.7 Å². The number of anilines is 2. The third kappa shape index (κ3) is 2.34. The van der Waals surface area contributed by atoms with Crippen LogP contribution in [0.3, 0.4) is 0 Å². The Morgan fingerprint density at radius 2 is 2.05 bits per heavy atom. The number of nitrogens with zero attached hydrogens (tertiary/aromatic N) is 5. The molecular weight excluding hydrogens is 264 g/mol. The van der Waals surface area contributed by atoms with Crippen LogP contribution in [0.1, 0.15) is 37.4 Å². The zero-order valence-electron chi connectivity index (χ0n) is 12.1. The van der Waals surface area contributed by atoms with Crippen molar-refractivity contribution in [2.24, 2.45) is 0 Å². The number of pyridine rings is 1. The van der Waals surface area contributed by atoms with Crippen LogP contribution >= 0.6 is 0 Å². The van der Waals surface area contributed by atoms with E-state index >= 15 is 0 Å². The van der Waals surface area contributed by atoms with Gasteiger partial charge in [0.05, 0.1) is 11.7 Å². The summed E-state index contributed by atoms with van der Waals surface area (Å²) in [5, 5.41) is 8.12. The standard InChI is InChI=1S/C15H20N6/c1-4-10-20(11-5-1)15-18-14-17-9-7-13(21(14)19-15)12-6-2-3-8-16-12/h2-3,6,8,13H,1,4-5,7,9-11H2,(H,17,18,19). The Hall–Kier alpha value is -2.11. The Morgan fingerprint density at radius 3 is 2.86 bits per heavy atom. The van der Waals surface area contributed by atoms with E-state index in [1.807, 2.05) is 23.0 Å². The van der Waals surface area contributed by atoms with Crippen molar-refractivity contribution in [1.29, 1.82) is 0 Å². The first-order valence-corrected chi connectivity index (χ1v) is 7.78. The molecule has 6 nitrogen and oxygen atoms in total. The summed E-state index contributed by atoms with van der Waals surface area (Å²) in [5.41, 5.74) is 1.07. The number of fused-ring (bicyclic) bond motifs is 1. The van der Waals surface area contributed by atoms with E-state index in [0.717, 1.165) is 43.6 Å². The molecule has 4 heterocycles. The number of piperidine rings is 1. The van der Waals surface area contributed by atoms with Crippen LogP contribution in [0.4, 0.5) is 11.9 Å². The van der Waals surface area contributed by atoms with Crippen molar-refractivity contribution in [3.05, 3.63) is 30.1 Å². The Kier molecular flexibility index (Phi) is 3.21. The fraction of sp³-hybridized carbons (Fsp3) is 0.533. The Balaban J connectivity index is 1.66. The topological polar surface area (TPSA) is 58.9 Å². The number of hydrogen-bond donors (Lipinski definition) is 1. The van der Waals surface area contributed by atoms with Crippen molar-refractivity contribution in [2.45, 2.75) is 31.7 Å². The van der Waals surface area contributed by atoms with Crippen molar-refractivity contribution < 1.29 is 0 Å². The van der Waals surface area contributed by atoms with Crippen LogP contribution in [0.2, 0.25) is 0 Å². The van der Waals surface area contributed by atoms with E-state index in [9.17, 15) is 0 Å². The van der Waals surface area contributed by atoms with Gasteiger partial charge in [-0.1, -0.05) is 6.07 Å². The number of nitrogens with one attached hydrogen (secondary N) is 1. The summed E-state index contributed by atoms with van der Waals surface area (Å²) in [6.07, 6.45) is 6.63. The van der Waals surface area contributed by atoms with E-state index in [1.54, 1.807) is 0 Å². The zero-order chi connectivity index (χ0) is 14.1. The normalized spacial score (nSPS) is 21.7. The van der Waals surface area contributed by atoms with Gasteiger partial charge in [-0.05, 0) is 37.8 Å². The maximum Gasteiger partial charge on any atom is 0.246 e. The zero-order valence-corrected chi connectivity index (χ0v) is 12.1. The second kappa shape index (κ2) is 5.35. The van der Waals surface area contributed by atoms with Gasteiger partial charge in [0.25, 0.3) is 0 Å². The molecule has 21 heavy (non-hydrogen) atoms. The number of hydrogen-bond acceptors (Lipinski definition) is 5. The first kappa shape index (κ1) is 12.6. The summed E-state index contributed by atoms with van der Waals surface area (Å²) < 4.78 is 2.01. The van der Waals surface area contributed by atoms with Crippen LogP contribution < -0.4 is 10.2 Å². The van der Waals surface area contributed by atoms with E-state index < -0.39 is 0 Å². The van der Waals surface area contributed by atoms with Crippen LogP contribution in [-0.2, 0) is 0 Å². The summed E-state index contributed by atoms with van der Waals surface area (Å²) in [6.45, 7) is 3.05. The Bertz CT molecular complexity index is 602. The molecule has 0 aromatic carbocycles. The molecule has 0 radical (unpaired) electrons. The van der Waals surface area contributed by atoms with Gasteiger partial charge in [0.2, 0.25) is 11.9 Å². The average molecular weight is 284 g/mol. The maximum absolute atomic E-state index is 4.76. The molecule has 1 saturated heterocycles. The van der Waals surface area contributed by atoms with Crippen molar-refractivity contribution >= 4 is 11.9 Å². The van der Waals surface area contributed by atoms with Crippen LogP contribution in [0.25, 0.3) is 0 Å². The van der Waals surface area contributed by atoms with E-state index in [4.69, 9.17) is 5.10 Å². The molecule has 1 N–H and O–H groups in total. The summed E-state index contributed by atoms with van der Waals surface area (Å²) >= 11 is 0. The van der Waals surface area contributed by atoms with Crippen LogP contribution in [0.15, 0.2) is 24.4 Å². The van der Waals surface area contributed by atoms with E-state index in [0.29, 0.717) is 0 Å². The fourth-order valence-electron chi connectivity index (χ4n) is 3.17. The fourth-order valence-corrected chi connectivity index (χ4v) is 3.17. The van der Waals surface area contributed by atoms with Gasteiger partial charge < -0.3 is 10.2 Å². The number of aromatic nitrogens is 4. The molecule has 0 saturated carbocycles. The van der Waals surface area contributed by atoms with Crippen LogP contribution in [-0.4, -0.2) is 39.4 Å². The van der Waals surface area contributed by atoms with Gasteiger partial charge in [-0.3, -0.25) is 4.98 Å². The third-order valence-electron chi connectivity index (χ3n) is 4.28. The average Bonchev–Trinajstić information content (AvgIpc) is 3.00. The molecule has 0 aliphatic carbocycles. The lowest BCUT2D eigenvalue weighted by molar-refractivity contribution is 0.468. The highest BCUT2D eigenvalue weighted by Gasteiger charge is 2.27. The lowest BCUT2D eigenvalue weighted by atomic mass is 10.1. The molecule has 2 aliphatic heterocycles. The first-order chi connectivity index (χ1) is 10.4. The molecule has 2 aliphatic rings. The lowest BCUT2D eigenvalue weighted by Gasteiger charge is -2.25. The predicted molar refractivity (Wildman–Crippen MR) is 81.6 cm³/mol. The quantitative estimate of drug-likeness (QED) is 0.915. The minimum Gasteiger partial charge on any atom is -0.354 e. The molecular formula is C15H20N6. The van der Waals surface area contributed by atoms with Crippen molar-refractivity contribution in [2.75, 3.05) is 29.9 Å². The minimum atomic E-state index is 0.188. The molecule has 1 unspecified atom stereocenters. The van der Waals surface area contributed by atoms with Gasteiger partial charge in [-0.2, -0.15) is 4.98 Å². The second-order valence-electron chi connectivity index (χ2n) is 5.71. The second-order valence-corrected chi connectivity index (χ2v) is 5.71. The van der Waals surface area contributed by atoms with E-state index in [-0.39, 0.29) is 6.04 Å². The summed E-state index contributed by atoms with van der Waals surface area (Å²) in [4.78, 5) is 11.5. The molecule has 0 bridgehead atoms. The molecule has 0 spiro atoms. The highest BCUT2D eigenvalue weighted by molar-refractivity contribution is 5.40. The lowest BCUT2D eigenvalue weighted by Crippen LogP contribution is -2.30. The molecule has 4 rings (SSSR count). The Labute approximate surface area is 124 Å². The van der Waals surface area contributed by atoms with Gasteiger partial charge in [-0.25, -0.2) is 4.68 Å². The van der Waals surface area contributed by atoms with Gasteiger partial charge >= 0.3 is 0 Å². The largest absolute Gasteiger partial charge is 0.354 e. The molecule has 110 valence electrons.